The van der Waals surface area contributed by atoms with Gasteiger partial charge in [0, 0.05) is 5.56 Å². The summed E-state index contributed by atoms with van der Waals surface area (Å²) in [7, 11) is 0. The van der Waals surface area contributed by atoms with Crippen LogP contribution >= 0.6 is 0 Å². The maximum atomic E-state index is 12.6. The smallest absolute Gasteiger partial charge is 0.345 e. The third-order valence-corrected chi connectivity index (χ3v) is 4.44. The molecule has 3 aromatic rings. The Morgan fingerprint density at radius 2 is 1.33 bits per heavy atom. The van der Waals surface area contributed by atoms with Gasteiger partial charge >= 0.3 is 11.9 Å². The van der Waals surface area contributed by atoms with E-state index in [1.54, 1.807) is 84.9 Å². The van der Waals surface area contributed by atoms with Crippen molar-refractivity contribution in [2.45, 2.75) is 18.6 Å². The summed E-state index contributed by atoms with van der Waals surface area (Å²) in [6, 6.07) is 24.7. The number of hydrogen-bond acceptors (Lipinski definition) is 5. The maximum Gasteiger partial charge on any atom is 0.345 e. The van der Waals surface area contributed by atoms with Crippen molar-refractivity contribution in [3.8, 4) is 0 Å². The molecule has 3 aromatic carbocycles. The third-order valence-electron chi connectivity index (χ3n) is 4.44. The van der Waals surface area contributed by atoms with Gasteiger partial charge in [0.15, 0.2) is 6.10 Å². The SMILES string of the molecule is O=C(Cc1ccccc1)OC(=O)[C@H](O)[C@@H](NC(=O)c1ccccc1)c1ccccc1. The Kier molecular flexibility index (Phi) is 7.08. The second-order valence-electron chi connectivity index (χ2n) is 6.63. The standard InChI is InChI=1S/C24H21NO5/c26-20(16-17-10-4-1-5-11-17)30-24(29)22(27)21(18-12-6-2-7-13-18)25-23(28)19-14-8-3-9-15-19/h1-15,21-22,27H,16H2,(H,25,28)/t21-,22+/m0/s1. The minimum Gasteiger partial charge on any atom is -0.391 e. The molecule has 0 aliphatic carbocycles. The number of carbonyl (C=O) groups is 3. The quantitative estimate of drug-likeness (QED) is 0.467. The van der Waals surface area contributed by atoms with Gasteiger partial charge in [0.2, 0.25) is 0 Å². The van der Waals surface area contributed by atoms with E-state index in [-0.39, 0.29) is 6.42 Å². The van der Waals surface area contributed by atoms with Crippen molar-refractivity contribution in [3.63, 3.8) is 0 Å². The van der Waals surface area contributed by atoms with Crippen molar-refractivity contribution in [2.24, 2.45) is 0 Å². The van der Waals surface area contributed by atoms with Crippen LogP contribution in [0.3, 0.4) is 0 Å². The lowest BCUT2D eigenvalue weighted by Gasteiger charge is -2.23. The van der Waals surface area contributed by atoms with E-state index in [9.17, 15) is 19.5 Å². The number of carbonyl (C=O) groups excluding carboxylic acids is 3. The molecule has 0 spiro atoms. The van der Waals surface area contributed by atoms with Gasteiger partial charge in [-0.15, -0.1) is 0 Å². The monoisotopic (exact) mass is 403 g/mol. The number of aliphatic hydroxyl groups excluding tert-OH is 1. The molecule has 2 N–H and O–H groups in total. The average molecular weight is 403 g/mol. The number of esters is 2. The topological polar surface area (TPSA) is 92.7 Å². The third kappa shape index (κ3) is 5.62. The highest BCUT2D eigenvalue weighted by Gasteiger charge is 2.32. The van der Waals surface area contributed by atoms with Gasteiger partial charge in [-0.2, -0.15) is 0 Å². The van der Waals surface area contributed by atoms with Crippen LogP contribution < -0.4 is 5.32 Å². The van der Waals surface area contributed by atoms with Crippen LogP contribution in [-0.2, 0) is 20.7 Å². The Balaban J connectivity index is 1.72. The molecule has 2 atom stereocenters. The number of hydrogen-bond donors (Lipinski definition) is 2. The van der Waals surface area contributed by atoms with Gasteiger partial charge in [-0.3, -0.25) is 9.59 Å². The van der Waals surface area contributed by atoms with Gasteiger partial charge < -0.3 is 15.2 Å². The van der Waals surface area contributed by atoms with E-state index < -0.39 is 30.0 Å². The first-order chi connectivity index (χ1) is 14.5. The fourth-order valence-corrected chi connectivity index (χ4v) is 2.93. The van der Waals surface area contributed by atoms with Crippen LogP contribution in [0.5, 0.6) is 0 Å². The van der Waals surface area contributed by atoms with E-state index in [0.29, 0.717) is 16.7 Å². The normalized spacial score (nSPS) is 12.4. The highest BCUT2D eigenvalue weighted by molar-refractivity contribution is 5.95. The van der Waals surface area contributed by atoms with E-state index >= 15 is 0 Å². The number of rotatable bonds is 7. The van der Waals surface area contributed by atoms with Gasteiger partial charge in [0.25, 0.3) is 5.91 Å². The van der Waals surface area contributed by atoms with Crippen LogP contribution in [0.1, 0.15) is 27.5 Å². The first-order valence-corrected chi connectivity index (χ1v) is 9.42. The molecule has 3 rings (SSSR count). The lowest BCUT2D eigenvalue weighted by molar-refractivity contribution is -0.166. The molecule has 30 heavy (non-hydrogen) atoms. The zero-order chi connectivity index (χ0) is 21.3. The average Bonchev–Trinajstić information content (AvgIpc) is 2.78. The van der Waals surface area contributed by atoms with Crippen LogP contribution in [0.25, 0.3) is 0 Å². The zero-order valence-electron chi connectivity index (χ0n) is 16.1. The van der Waals surface area contributed by atoms with Gasteiger partial charge in [-0.05, 0) is 23.3 Å². The Labute approximate surface area is 174 Å². The van der Waals surface area contributed by atoms with Crippen LogP contribution in [0.4, 0.5) is 0 Å². The Morgan fingerprint density at radius 1 is 0.800 bits per heavy atom. The number of benzene rings is 3. The summed E-state index contributed by atoms with van der Waals surface area (Å²) in [6.45, 7) is 0. The summed E-state index contributed by atoms with van der Waals surface area (Å²) in [5.41, 5.74) is 1.56. The van der Waals surface area contributed by atoms with Gasteiger partial charge in [0.05, 0.1) is 12.5 Å². The van der Waals surface area contributed by atoms with Crippen molar-refractivity contribution >= 4 is 17.8 Å². The predicted octanol–water partition coefficient (Wildman–Crippen LogP) is 2.83. The molecule has 0 bridgehead atoms. The molecule has 0 saturated heterocycles. The van der Waals surface area contributed by atoms with Crippen LogP contribution in [0.2, 0.25) is 0 Å². The van der Waals surface area contributed by atoms with Crippen LogP contribution in [-0.4, -0.2) is 29.1 Å². The van der Waals surface area contributed by atoms with E-state index in [1.807, 2.05) is 6.07 Å². The second-order valence-corrected chi connectivity index (χ2v) is 6.63. The van der Waals surface area contributed by atoms with Crippen molar-refractivity contribution in [1.82, 2.24) is 5.32 Å². The Morgan fingerprint density at radius 3 is 1.93 bits per heavy atom. The second kappa shape index (κ2) is 10.1. The molecule has 0 radical (unpaired) electrons. The van der Waals surface area contributed by atoms with E-state index in [4.69, 9.17) is 4.74 Å². The molecule has 152 valence electrons. The number of aliphatic hydroxyl groups is 1. The molecule has 0 fully saturated rings. The molecule has 0 aliphatic rings. The van der Waals surface area contributed by atoms with Gasteiger partial charge in [-0.25, -0.2) is 4.79 Å². The van der Waals surface area contributed by atoms with Crippen LogP contribution in [0.15, 0.2) is 91.0 Å². The molecular weight excluding hydrogens is 382 g/mol. The Hall–Kier alpha value is -3.77. The van der Waals surface area contributed by atoms with E-state index in [1.165, 1.54) is 0 Å². The van der Waals surface area contributed by atoms with Crippen molar-refractivity contribution in [3.05, 3.63) is 108 Å². The Bertz CT molecular complexity index is 990. The molecular formula is C24H21NO5. The molecule has 1 amide bonds. The van der Waals surface area contributed by atoms with Crippen molar-refractivity contribution in [1.29, 1.82) is 0 Å². The first kappa shape index (κ1) is 21.0. The lowest BCUT2D eigenvalue weighted by atomic mass is 10.0. The zero-order valence-corrected chi connectivity index (χ0v) is 16.1. The molecule has 6 heteroatoms. The van der Waals surface area contributed by atoms with E-state index in [2.05, 4.69) is 5.32 Å². The first-order valence-electron chi connectivity index (χ1n) is 9.42. The molecule has 0 heterocycles. The lowest BCUT2D eigenvalue weighted by Crippen LogP contribution is -2.41. The van der Waals surface area contributed by atoms with Gasteiger partial charge in [-0.1, -0.05) is 78.9 Å². The van der Waals surface area contributed by atoms with Crippen LogP contribution in [0, 0.1) is 0 Å². The molecule has 6 nitrogen and oxygen atoms in total. The maximum absolute atomic E-state index is 12.6. The van der Waals surface area contributed by atoms with Crippen molar-refractivity contribution < 1.29 is 24.2 Å². The predicted molar refractivity (Wildman–Crippen MR) is 110 cm³/mol. The number of amides is 1. The largest absolute Gasteiger partial charge is 0.391 e. The summed E-state index contributed by atoms with van der Waals surface area (Å²) < 4.78 is 4.83. The highest BCUT2D eigenvalue weighted by atomic mass is 16.6. The number of nitrogens with one attached hydrogen (secondary N) is 1. The summed E-state index contributed by atoms with van der Waals surface area (Å²) in [5.74, 6) is -2.38. The van der Waals surface area contributed by atoms with E-state index in [0.717, 1.165) is 0 Å². The molecule has 0 aromatic heterocycles. The summed E-state index contributed by atoms with van der Waals surface area (Å²) >= 11 is 0. The summed E-state index contributed by atoms with van der Waals surface area (Å²) in [4.78, 5) is 37.1. The molecule has 0 unspecified atom stereocenters. The summed E-state index contributed by atoms with van der Waals surface area (Å²) in [6.07, 6.45) is -1.87. The minimum absolute atomic E-state index is 0.105. The fourth-order valence-electron chi connectivity index (χ4n) is 2.93. The number of ether oxygens (including phenoxy) is 1. The highest BCUT2D eigenvalue weighted by Crippen LogP contribution is 2.19. The minimum atomic E-state index is -1.76. The fraction of sp³-hybridized carbons (Fsp3) is 0.125. The molecule has 0 aliphatic heterocycles. The van der Waals surface area contributed by atoms with Crippen molar-refractivity contribution in [2.75, 3.05) is 0 Å². The van der Waals surface area contributed by atoms with Gasteiger partial charge in [0.1, 0.15) is 0 Å². The summed E-state index contributed by atoms with van der Waals surface area (Å²) in [5, 5.41) is 13.3. The molecule has 0 saturated carbocycles.